The molecule has 0 saturated carbocycles. The Hall–Kier alpha value is -1.85. The summed E-state index contributed by atoms with van der Waals surface area (Å²) >= 11 is 3.43. The first kappa shape index (κ1) is 16.0. The number of ether oxygens (including phenoxy) is 2. The van der Waals surface area contributed by atoms with E-state index in [2.05, 4.69) is 21.2 Å². The molecule has 1 aliphatic heterocycles. The molecule has 1 fully saturated rings. The van der Waals surface area contributed by atoms with E-state index in [9.17, 15) is 4.79 Å². The molecule has 23 heavy (non-hydrogen) atoms. The van der Waals surface area contributed by atoms with Gasteiger partial charge >= 0.3 is 6.09 Å². The largest absolute Gasteiger partial charge is 0.445 e. The van der Waals surface area contributed by atoms with E-state index in [1.54, 1.807) is 0 Å². The number of carbonyl (C=O) groups excluding carboxylic acids is 1. The minimum absolute atomic E-state index is 0.254. The lowest BCUT2D eigenvalue weighted by Gasteiger charge is -2.29. The molecular formula is C18H18BrNO3. The van der Waals surface area contributed by atoms with E-state index < -0.39 is 11.6 Å². The molecule has 0 bridgehead atoms. The van der Waals surface area contributed by atoms with Crippen LogP contribution < -0.4 is 5.32 Å². The fourth-order valence-electron chi connectivity index (χ4n) is 2.69. The lowest BCUT2D eigenvalue weighted by Crippen LogP contribution is -2.46. The summed E-state index contributed by atoms with van der Waals surface area (Å²) in [5.74, 6) is 0. The van der Waals surface area contributed by atoms with Crippen molar-refractivity contribution in [2.24, 2.45) is 0 Å². The predicted molar refractivity (Wildman–Crippen MR) is 91.0 cm³/mol. The van der Waals surface area contributed by atoms with Gasteiger partial charge in [0.15, 0.2) is 0 Å². The van der Waals surface area contributed by atoms with Crippen LogP contribution in [0.1, 0.15) is 17.5 Å². The molecule has 0 radical (unpaired) electrons. The molecule has 1 atom stereocenters. The van der Waals surface area contributed by atoms with Crippen molar-refractivity contribution in [3.05, 3.63) is 70.2 Å². The van der Waals surface area contributed by atoms with Crippen LogP contribution >= 0.6 is 15.9 Å². The minimum atomic E-state index is -0.519. The van der Waals surface area contributed by atoms with Crippen LogP contribution in [0, 0.1) is 0 Å². The van der Waals surface area contributed by atoms with Gasteiger partial charge in [-0.3, -0.25) is 0 Å². The summed E-state index contributed by atoms with van der Waals surface area (Å²) < 4.78 is 11.9. The van der Waals surface area contributed by atoms with Crippen molar-refractivity contribution in [2.75, 3.05) is 13.2 Å². The molecule has 1 saturated heterocycles. The molecule has 120 valence electrons. The van der Waals surface area contributed by atoms with Crippen LogP contribution in [0.3, 0.4) is 0 Å². The molecule has 1 amide bonds. The Morgan fingerprint density at radius 3 is 2.57 bits per heavy atom. The third-order valence-electron chi connectivity index (χ3n) is 3.97. The molecule has 2 aromatic carbocycles. The van der Waals surface area contributed by atoms with Gasteiger partial charge in [0.2, 0.25) is 0 Å². The molecule has 1 aliphatic rings. The maximum atomic E-state index is 12.2. The third kappa shape index (κ3) is 3.92. The SMILES string of the molecule is O=C(NC1(c2ccc(Br)cc2)CCOC1)OCc1ccccc1. The molecule has 3 rings (SSSR count). The van der Waals surface area contributed by atoms with Gasteiger partial charge < -0.3 is 14.8 Å². The van der Waals surface area contributed by atoms with Crippen molar-refractivity contribution in [1.82, 2.24) is 5.32 Å². The quantitative estimate of drug-likeness (QED) is 0.878. The number of halogens is 1. The number of hydrogen-bond acceptors (Lipinski definition) is 3. The average molecular weight is 376 g/mol. The normalized spacial score (nSPS) is 20.2. The van der Waals surface area contributed by atoms with E-state index in [4.69, 9.17) is 9.47 Å². The van der Waals surface area contributed by atoms with Crippen LogP contribution in [0.5, 0.6) is 0 Å². The number of carbonyl (C=O) groups is 1. The van der Waals surface area contributed by atoms with E-state index in [1.165, 1.54) is 0 Å². The number of nitrogens with one attached hydrogen (secondary N) is 1. The van der Waals surface area contributed by atoms with E-state index in [1.807, 2.05) is 54.6 Å². The Balaban J connectivity index is 1.67. The van der Waals surface area contributed by atoms with Crippen LogP contribution in [0.15, 0.2) is 59.1 Å². The van der Waals surface area contributed by atoms with Gasteiger partial charge in [-0.25, -0.2) is 4.79 Å². The topological polar surface area (TPSA) is 47.6 Å². The Kier molecular flexibility index (Phi) is 4.98. The zero-order chi connectivity index (χ0) is 16.1. The summed E-state index contributed by atoms with van der Waals surface area (Å²) in [7, 11) is 0. The lowest BCUT2D eigenvalue weighted by molar-refractivity contribution is 0.117. The van der Waals surface area contributed by atoms with Gasteiger partial charge in [-0.2, -0.15) is 0 Å². The van der Waals surface area contributed by atoms with Crippen molar-refractivity contribution in [1.29, 1.82) is 0 Å². The lowest BCUT2D eigenvalue weighted by atomic mass is 9.89. The number of alkyl carbamates (subject to hydrolysis) is 1. The Morgan fingerprint density at radius 2 is 1.91 bits per heavy atom. The fraction of sp³-hybridized carbons (Fsp3) is 0.278. The minimum Gasteiger partial charge on any atom is -0.445 e. The molecule has 0 aliphatic carbocycles. The molecule has 0 spiro atoms. The van der Waals surface area contributed by atoms with Crippen molar-refractivity contribution in [2.45, 2.75) is 18.6 Å². The van der Waals surface area contributed by atoms with E-state index in [0.29, 0.717) is 13.2 Å². The number of amides is 1. The van der Waals surface area contributed by atoms with Gasteiger partial charge in [0, 0.05) is 17.5 Å². The summed E-state index contributed by atoms with van der Waals surface area (Å²) in [5.41, 5.74) is 1.46. The summed E-state index contributed by atoms with van der Waals surface area (Å²) in [6.45, 7) is 1.33. The Bertz CT molecular complexity index is 652. The second kappa shape index (κ2) is 7.15. The second-order valence-corrected chi connectivity index (χ2v) is 6.49. The van der Waals surface area contributed by atoms with Crippen LogP contribution in [0.2, 0.25) is 0 Å². The summed E-state index contributed by atoms with van der Waals surface area (Å²) in [4.78, 5) is 12.2. The highest BCUT2D eigenvalue weighted by molar-refractivity contribution is 9.10. The maximum absolute atomic E-state index is 12.2. The highest BCUT2D eigenvalue weighted by Crippen LogP contribution is 2.31. The van der Waals surface area contributed by atoms with E-state index in [0.717, 1.165) is 22.0 Å². The summed E-state index contributed by atoms with van der Waals surface area (Å²) in [6, 6.07) is 17.6. The Labute approximate surface area is 143 Å². The van der Waals surface area contributed by atoms with Gasteiger partial charge in [0.05, 0.1) is 12.1 Å². The highest BCUT2D eigenvalue weighted by Gasteiger charge is 2.38. The first-order valence-electron chi connectivity index (χ1n) is 7.51. The number of benzene rings is 2. The van der Waals surface area contributed by atoms with Gasteiger partial charge in [0.1, 0.15) is 6.61 Å². The van der Waals surface area contributed by atoms with Crippen molar-refractivity contribution in [3.63, 3.8) is 0 Å². The molecular weight excluding hydrogens is 358 g/mol. The monoisotopic (exact) mass is 375 g/mol. The van der Waals surface area contributed by atoms with Crippen molar-refractivity contribution >= 4 is 22.0 Å². The zero-order valence-corrected chi connectivity index (χ0v) is 14.2. The smallest absolute Gasteiger partial charge is 0.408 e. The molecule has 0 aromatic heterocycles. The molecule has 1 N–H and O–H groups in total. The number of hydrogen-bond donors (Lipinski definition) is 1. The Morgan fingerprint density at radius 1 is 1.17 bits per heavy atom. The van der Waals surface area contributed by atoms with E-state index >= 15 is 0 Å². The van der Waals surface area contributed by atoms with Gasteiger partial charge in [-0.05, 0) is 23.3 Å². The standard InChI is InChI=1S/C18H18BrNO3/c19-16-8-6-15(7-9-16)18(10-11-22-13-18)20-17(21)23-12-14-4-2-1-3-5-14/h1-9H,10-13H2,(H,20,21). The molecule has 1 heterocycles. The van der Waals surface area contributed by atoms with Gasteiger partial charge in [-0.1, -0.05) is 58.4 Å². The molecule has 5 heteroatoms. The predicted octanol–water partition coefficient (Wildman–Crippen LogP) is 3.99. The molecule has 1 unspecified atom stereocenters. The highest BCUT2D eigenvalue weighted by atomic mass is 79.9. The van der Waals surface area contributed by atoms with Crippen molar-refractivity contribution < 1.29 is 14.3 Å². The average Bonchev–Trinajstić information content (AvgIpc) is 3.04. The van der Waals surface area contributed by atoms with Crippen molar-refractivity contribution in [3.8, 4) is 0 Å². The zero-order valence-electron chi connectivity index (χ0n) is 12.6. The molecule has 4 nitrogen and oxygen atoms in total. The van der Waals surface area contributed by atoms with Crippen LogP contribution in [-0.4, -0.2) is 19.3 Å². The number of rotatable bonds is 4. The summed E-state index contributed by atoms with van der Waals surface area (Å²) in [5, 5.41) is 3.00. The molecule has 2 aromatic rings. The van der Waals surface area contributed by atoms with Gasteiger partial charge in [-0.15, -0.1) is 0 Å². The first-order valence-corrected chi connectivity index (χ1v) is 8.30. The van der Waals surface area contributed by atoms with Gasteiger partial charge in [0.25, 0.3) is 0 Å². The van der Waals surface area contributed by atoms with Crippen LogP contribution in [0.4, 0.5) is 4.79 Å². The van der Waals surface area contributed by atoms with E-state index in [-0.39, 0.29) is 6.61 Å². The fourth-order valence-corrected chi connectivity index (χ4v) is 2.95. The van der Waals surface area contributed by atoms with Crippen LogP contribution in [0.25, 0.3) is 0 Å². The summed E-state index contributed by atoms with van der Waals surface area (Å²) in [6.07, 6.45) is 0.303. The second-order valence-electron chi connectivity index (χ2n) is 5.58. The first-order chi connectivity index (χ1) is 11.2. The third-order valence-corrected chi connectivity index (χ3v) is 4.50. The maximum Gasteiger partial charge on any atom is 0.408 e. The van der Waals surface area contributed by atoms with Crippen LogP contribution in [-0.2, 0) is 21.6 Å².